The van der Waals surface area contributed by atoms with Gasteiger partial charge in [-0.15, -0.1) is 0 Å². The number of rotatable bonds is 0. The first kappa shape index (κ1) is 13.3. The van der Waals surface area contributed by atoms with Crippen LogP contribution in [0.5, 0.6) is 23.0 Å². The van der Waals surface area contributed by atoms with Gasteiger partial charge in [-0.25, -0.2) is 18.1 Å². The minimum atomic E-state index is -2.94. The first-order valence-electron chi connectivity index (χ1n) is 8.01. The molecule has 1 spiro atoms. The Morgan fingerprint density at radius 2 is 0.720 bits per heavy atom. The van der Waals surface area contributed by atoms with Crippen LogP contribution >= 0.6 is 8.17 Å². The molecule has 0 fully saturated rings. The molecule has 0 amide bonds. The molecule has 0 saturated heterocycles. The van der Waals surface area contributed by atoms with Gasteiger partial charge < -0.3 is 0 Å². The maximum absolute atomic E-state index is 6.02. The highest BCUT2D eigenvalue weighted by atomic mass is 31.2. The summed E-state index contributed by atoms with van der Waals surface area (Å²) in [6, 6.07) is 24.0. The molecule has 2 aliphatic heterocycles. The first-order chi connectivity index (χ1) is 12.3. The quantitative estimate of drug-likeness (QED) is 0.370. The molecular weight excluding hydrogens is 335 g/mol. The summed E-state index contributed by atoms with van der Waals surface area (Å²) in [6.07, 6.45) is 0. The zero-order valence-corrected chi connectivity index (χ0v) is 13.9. The molecule has 0 aromatic heterocycles. The van der Waals surface area contributed by atoms with E-state index in [1.54, 1.807) is 0 Å². The summed E-state index contributed by atoms with van der Waals surface area (Å²) in [5.74, 6) is 2.63. The van der Waals surface area contributed by atoms with Gasteiger partial charge in [-0.1, -0.05) is 48.5 Å². The lowest BCUT2D eigenvalue weighted by molar-refractivity contribution is 0.333. The Balaban J connectivity index is 1.43. The van der Waals surface area contributed by atoms with E-state index >= 15 is 0 Å². The molecule has 0 atom stereocenters. The van der Waals surface area contributed by atoms with Gasteiger partial charge in [-0.05, 0) is 45.8 Å². The van der Waals surface area contributed by atoms with Crippen molar-refractivity contribution >= 4 is 29.7 Å². The Morgan fingerprint density at radius 1 is 0.440 bits per heavy atom. The number of hydrogen-bond acceptors (Lipinski definition) is 4. The maximum Gasteiger partial charge on any atom is 0.767 e. The van der Waals surface area contributed by atoms with Crippen LogP contribution in [0.1, 0.15) is 0 Å². The molecule has 0 radical (unpaired) electrons. The second-order valence-corrected chi connectivity index (χ2v) is 7.73. The molecule has 5 heteroatoms. The summed E-state index contributed by atoms with van der Waals surface area (Å²) in [5.41, 5.74) is 0. The number of fused-ring (bicyclic) bond motifs is 4. The van der Waals surface area contributed by atoms with E-state index in [2.05, 4.69) is 0 Å². The molecule has 0 saturated carbocycles. The van der Waals surface area contributed by atoms with E-state index in [-0.39, 0.29) is 0 Å². The van der Waals surface area contributed by atoms with Gasteiger partial charge in [-0.2, -0.15) is 0 Å². The third-order valence-electron chi connectivity index (χ3n) is 4.46. The van der Waals surface area contributed by atoms with Crippen molar-refractivity contribution in [2.45, 2.75) is 0 Å². The third kappa shape index (κ3) is 1.92. The van der Waals surface area contributed by atoms with Gasteiger partial charge in [0.25, 0.3) is 0 Å². The second-order valence-electron chi connectivity index (χ2n) is 6.10. The lowest BCUT2D eigenvalue weighted by Gasteiger charge is -2.03. The monoisotopic (exact) mass is 347 g/mol. The van der Waals surface area contributed by atoms with Gasteiger partial charge in [0, 0.05) is 0 Å². The summed E-state index contributed by atoms with van der Waals surface area (Å²) in [6.45, 7) is 0. The highest BCUT2D eigenvalue weighted by molar-refractivity contribution is 7.58. The first-order valence-corrected chi connectivity index (χ1v) is 9.47. The van der Waals surface area contributed by atoms with Gasteiger partial charge in [0.15, 0.2) is 0 Å². The van der Waals surface area contributed by atoms with Crippen LogP contribution in [0.4, 0.5) is 0 Å². The molecule has 2 aliphatic rings. The molecule has 4 aromatic carbocycles. The third-order valence-corrected chi connectivity index (χ3v) is 6.15. The van der Waals surface area contributed by atoms with Gasteiger partial charge >= 0.3 is 8.17 Å². The van der Waals surface area contributed by atoms with E-state index in [0.717, 1.165) is 21.5 Å². The normalized spacial score (nSPS) is 16.0. The molecule has 0 unspecified atom stereocenters. The Hall–Kier alpha value is -2.97. The van der Waals surface area contributed by atoms with Crippen molar-refractivity contribution in [1.29, 1.82) is 0 Å². The smallest absolute Gasteiger partial charge is 0.237 e. The van der Waals surface area contributed by atoms with E-state index in [0.29, 0.717) is 23.0 Å². The molecule has 25 heavy (non-hydrogen) atoms. The fourth-order valence-electron chi connectivity index (χ4n) is 3.28. The van der Waals surface area contributed by atoms with E-state index in [1.165, 1.54) is 0 Å². The highest BCUT2D eigenvalue weighted by Gasteiger charge is 2.66. The predicted molar refractivity (Wildman–Crippen MR) is 97.3 cm³/mol. The van der Waals surface area contributed by atoms with Gasteiger partial charge in [0.1, 0.15) is 0 Å². The van der Waals surface area contributed by atoms with Crippen LogP contribution in [-0.4, -0.2) is 0 Å². The van der Waals surface area contributed by atoms with E-state index in [9.17, 15) is 0 Å². The lowest BCUT2D eigenvalue weighted by Crippen LogP contribution is -2.09. The zero-order valence-electron chi connectivity index (χ0n) is 13.0. The van der Waals surface area contributed by atoms with Crippen molar-refractivity contribution < 1.29 is 18.1 Å². The second kappa shape index (κ2) is 4.56. The largest absolute Gasteiger partial charge is 0.767 e. The summed E-state index contributed by atoms with van der Waals surface area (Å²) in [7, 11) is -2.94. The molecule has 4 aromatic rings. The summed E-state index contributed by atoms with van der Waals surface area (Å²) < 4.78 is 24.1. The molecule has 0 N–H and O–H groups in total. The van der Waals surface area contributed by atoms with Crippen LogP contribution in [0.3, 0.4) is 0 Å². The summed E-state index contributed by atoms with van der Waals surface area (Å²) in [4.78, 5) is 0. The minimum Gasteiger partial charge on any atom is -0.237 e. The van der Waals surface area contributed by atoms with E-state index < -0.39 is 8.17 Å². The predicted octanol–water partition coefficient (Wildman–Crippen LogP) is 5.91. The van der Waals surface area contributed by atoms with Crippen LogP contribution in [0.2, 0.25) is 0 Å². The Bertz CT molecular complexity index is 985. The van der Waals surface area contributed by atoms with Crippen molar-refractivity contribution in [3.05, 3.63) is 72.8 Å². The van der Waals surface area contributed by atoms with Crippen LogP contribution < -0.4 is 18.1 Å². The molecule has 4 nitrogen and oxygen atoms in total. The van der Waals surface area contributed by atoms with Gasteiger partial charge in [-0.3, -0.25) is 0 Å². The van der Waals surface area contributed by atoms with Gasteiger partial charge in [0.2, 0.25) is 23.0 Å². The van der Waals surface area contributed by atoms with Crippen LogP contribution in [0.25, 0.3) is 21.5 Å². The van der Waals surface area contributed by atoms with Crippen molar-refractivity contribution in [2.24, 2.45) is 0 Å². The molecule has 0 aliphatic carbocycles. The molecule has 120 valence electrons. The van der Waals surface area contributed by atoms with Gasteiger partial charge in [0.05, 0.1) is 0 Å². The van der Waals surface area contributed by atoms with Crippen molar-refractivity contribution in [1.82, 2.24) is 0 Å². The topological polar surface area (TPSA) is 36.9 Å². The van der Waals surface area contributed by atoms with Crippen molar-refractivity contribution in [3.8, 4) is 23.0 Å². The fraction of sp³-hybridized carbons (Fsp3) is 0. The van der Waals surface area contributed by atoms with Crippen molar-refractivity contribution in [2.75, 3.05) is 0 Å². The van der Waals surface area contributed by atoms with E-state index in [1.807, 2.05) is 72.8 Å². The summed E-state index contributed by atoms with van der Waals surface area (Å²) in [5, 5.41) is 4.36. The number of benzene rings is 4. The van der Waals surface area contributed by atoms with E-state index in [4.69, 9.17) is 18.1 Å². The average molecular weight is 347 g/mol. The van der Waals surface area contributed by atoms with Crippen LogP contribution in [0, 0.1) is 0 Å². The average Bonchev–Trinajstić information content (AvgIpc) is 3.14. The Kier molecular flexibility index (Phi) is 2.43. The Labute approximate surface area is 144 Å². The standard InChI is InChI=1S/C20H12O4P/c1-2-6-14-10-18-17(9-13(14)5-1)21-25(22-18)23-19-11-15-7-3-4-8-16(15)12-20(19)24-25/h1-12H/q+1. The summed E-state index contributed by atoms with van der Waals surface area (Å²) >= 11 is 0. The highest BCUT2D eigenvalue weighted by Crippen LogP contribution is 2.72. The zero-order chi connectivity index (χ0) is 16.4. The SMILES string of the molecule is c1ccc2cc3c(cc2c1)O[P+]1(O3)Oc2cc3ccccc3cc2O1. The Morgan fingerprint density at radius 3 is 1.00 bits per heavy atom. The molecule has 2 heterocycles. The minimum absolute atomic E-state index is 0.657. The number of hydrogen-bond donors (Lipinski definition) is 0. The molecular formula is C20H12O4P+. The molecule has 6 rings (SSSR count). The maximum atomic E-state index is 6.02. The van der Waals surface area contributed by atoms with Crippen LogP contribution in [0.15, 0.2) is 72.8 Å². The fourth-order valence-corrected chi connectivity index (χ4v) is 5.03. The van der Waals surface area contributed by atoms with Crippen molar-refractivity contribution in [3.63, 3.8) is 0 Å². The lowest BCUT2D eigenvalue weighted by atomic mass is 10.1. The molecule has 0 bridgehead atoms. The van der Waals surface area contributed by atoms with Crippen LogP contribution in [-0.2, 0) is 0 Å².